The molecule has 2 heterocycles. The van der Waals surface area contributed by atoms with Crippen molar-refractivity contribution in [2.45, 2.75) is 56.8 Å². The van der Waals surface area contributed by atoms with E-state index in [4.69, 9.17) is 35.3 Å². The van der Waals surface area contributed by atoms with Gasteiger partial charge in [-0.25, -0.2) is 0 Å². The van der Waals surface area contributed by atoms with E-state index in [1.807, 2.05) is 31.2 Å². The van der Waals surface area contributed by atoms with Gasteiger partial charge in [0.05, 0.1) is 44.5 Å². The molecule has 3 aromatic rings. The predicted octanol–water partition coefficient (Wildman–Crippen LogP) is 6.29. The van der Waals surface area contributed by atoms with Gasteiger partial charge in [0.1, 0.15) is 11.4 Å². The minimum atomic E-state index is -0.874. The van der Waals surface area contributed by atoms with E-state index in [-0.39, 0.29) is 64.9 Å². The first-order valence-corrected chi connectivity index (χ1v) is 16.0. The molecular formula is C34H34ClNO9S. The Balaban J connectivity index is 1.30. The van der Waals surface area contributed by atoms with Crippen molar-refractivity contribution < 1.29 is 42.9 Å². The van der Waals surface area contributed by atoms with Gasteiger partial charge in [0.2, 0.25) is 17.4 Å². The lowest BCUT2D eigenvalue weighted by Gasteiger charge is -2.39. The lowest BCUT2D eigenvalue weighted by Crippen LogP contribution is -2.43. The third-order valence-corrected chi connectivity index (χ3v) is 9.34. The van der Waals surface area contributed by atoms with Crippen LogP contribution in [0.2, 0.25) is 5.02 Å². The molecule has 0 aromatic heterocycles. The zero-order valence-corrected chi connectivity index (χ0v) is 27.5. The van der Waals surface area contributed by atoms with E-state index in [0.717, 1.165) is 22.9 Å². The number of rotatable bonds is 12. The van der Waals surface area contributed by atoms with Gasteiger partial charge in [-0.2, -0.15) is 0 Å². The summed E-state index contributed by atoms with van der Waals surface area (Å²) in [5, 5.41) is 2.09. The summed E-state index contributed by atoms with van der Waals surface area (Å²) >= 11 is 6.95. The molecule has 2 aliphatic heterocycles. The van der Waals surface area contributed by atoms with E-state index in [0.29, 0.717) is 35.6 Å². The zero-order chi connectivity index (χ0) is 33.0. The summed E-state index contributed by atoms with van der Waals surface area (Å²) in [6.45, 7) is 3.90. The van der Waals surface area contributed by atoms with Crippen LogP contribution < -0.4 is 29.0 Å². The smallest absolute Gasteiger partial charge is 0.315 e. The molecule has 1 N–H and O–H groups in total. The van der Waals surface area contributed by atoms with Crippen LogP contribution in [0, 0.1) is 6.92 Å². The first-order valence-electron chi connectivity index (χ1n) is 14.8. The second-order valence-corrected chi connectivity index (χ2v) is 12.7. The predicted molar refractivity (Wildman–Crippen MR) is 173 cm³/mol. The molecule has 2 aliphatic rings. The number of ether oxygens (including phenoxy) is 5. The number of carbonyl (C=O) groups is 4. The highest BCUT2D eigenvalue weighted by Gasteiger charge is 2.44. The number of Topliss-reactive ketones (excluding diaryl/α,β-unsaturated/α-hetero) is 1. The quantitative estimate of drug-likeness (QED) is 0.174. The molecule has 1 fully saturated rings. The van der Waals surface area contributed by atoms with Crippen LogP contribution >= 0.6 is 23.4 Å². The number of thioether (sulfide) groups is 1. The van der Waals surface area contributed by atoms with Crippen molar-refractivity contribution in [3.63, 3.8) is 0 Å². The second-order valence-electron chi connectivity index (χ2n) is 11.1. The van der Waals surface area contributed by atoms with E-state index in [1.54, 1.807) is 31.2 Å². The molecule has 0 bridgehead atoms. The third kappa shape index (κ3) is 7.10. The second kappa shape index (κ2) is 14.0. The van der Waals surface area contributed by atoms with E-state index in [2.05, 4.69) is 5.32 Å². The van der Waals surface area contributed by atoms with Gasteiger partial charge in [-0.15, -0.1) is 0 Å². The Morgan fingerprint density at radius 3 is 2.28 bits per heavy atom. The van der Waals surface area contributed by atoms with Crippen molar-refractivity contribution in [1.82, 2.24) is 5.32 Å². The molecule has 46 heavy (non-hydrogen) atoms. The van der Waals surface area contributed by atoms with E-state index in [1.165, 1.54) is 14.2 Å². The Labute approximate surface area is 276 Å². The standard InChI is InChI=1S/C34H34ClNO9S/c1-5-34(14-15-43-23-12-8-20(9-13-23)16-25-32(39)36-33(40)46-25)18-24(37)27-19(2)28(30(41-3)31(42-4)29(27)45-34)44-26(38)17-21-6-10-22(35)11-7-21/h6-13,25H,5,14-18H2,1-4H3,(H,36,39,40). The summed E-state index contributed by atoms with van der Waals surface area (Å²) in [5.74, 6) is 0.284. The van der Waals surface area contributed by atoms with Crippen molar-refractivity contribution in [3.05, 3.63) is 75.8 Å². The number of hydrogen-bond acceptors (Lipinski definition) is 10. The van der Waals surface area contributed by atoms with Gasteiger partial charge in [0.15, 0.2) is 17.3 Å². The fourth-order valence-corrected chi connectivity index (χ4v) is 6.57. The van der Waals surface area contributed by atoms with Gasteiger partial charge in [-0.1, -0.05) is 54.6 Å². The Morgan fingerprint density at radius 2 is 1.67 bits per heavy atom. The average molecular weight is 668 g/mol. The third-order valence-electron chi connectivity index (χ3n) is 8.11. The normalized spacial score (nSPS) is 18.8. The van der Waals surface area contributed by atoms with Crippen LogP contribution in [-0.4, -0.2) is 54.6 Å². The molecule has 1 saturated heterocycles. The Hall–Kier alpha value is -4.22. The summed E-state index contributed by atoms with van der Waals surface area (Å²) in [5.41, 5.74) is 1.45. The van der Waals surface area contributed by atoms with Crippen molar-refractivity contribution in [2.75, 3.05) is 20.8 Å². The summed E-state index contributed by atoms with van der Waals surface area (Å²) in [7, 11) is 2.86. The van der Waals surface area contributed by atoms with E-state index >= 15 is 0 Å². The molecule has 0 aliphatic carbocycles. The number of hydrogen-bond donors (Lipinski definition) is 1. The Morgan fingerprint density at radius 1 is 1.00 bits per heavy atom. The molecule has 5 rings (SSSR count). The number of benzene rings is 3. The molecule has 2 amide bonds. The Bertz CT molecular complexity index is 1660. The summed E-state index contributed by atoms with van der Waals surface area (Å²) in [4.78, 5) is 50.0. The summed E-state index contributed by atoms with van der Waals surface area (Å²) < 4.78 is 29.7. The van der Waals surface area contributed by atoms with E-state index in [9.17, 15) is 19.2 Å². The maximum atomic E-state index is 13.7. The molecule has 2 unspecified atom stereocenters. The monoisotopic (exact) mass is 667 g/mol. The molecule has 10 nitrogen and oxygen atoms in total. The van der Waals surface area contributed by atoms with Crippen molar-refractivity contribution in [1.29, 1.82) is 0 Å². The van der Waals surface area contributed by atoms with Crippen LogP contribution in [0.1, 0.15) is 53.2 Å². The fourth-order valence-electron chi connectivity index (χ4n) is 5.58. The number of ketones is 1. The summed E-state index contributed by atoms with van der Waals surface area (Å²) in [6, 6.07) is 14.2. The molecule has 2 atom stereocenters. The number of imide groups is 1. The first kappa shape index (κ1) is 33.2. The highest BCUT2D eigenvalue weighted by molar-refractivity contribution is 8.15. The molecule has 242 valence electrons. The molecule has 3 aromatic carbocycles. The number of esters is 1. The number of halogens is 1. The van der Waals surface area contributed by atoms with Crippen LogP contribution in [-0.2, 0) is 22.4 Å². The fraction of sp³-hybridized carbons (Fsp3) is 0.353. The lowest BCUT2D eigenvalue weighted by atomic mass is 9.83. The number of methoxy groups -OCH3 is 2. The average Bonchev–Trinajstić information content (AvgIpc) is 3.35. The van der Waals surface area contributed by atoms with Crippen LogP contribution in [0.5, 0.6) is 28.7 Å². The van der Waals surface area contributed by atoms with Gasteiger partial charge in [-0.05, 0) is 55.2 Å². The highest BCUT2D eigenvalue weighted by atomic mass is 35.5. The van der Waals surface area contributed by atoms with Gasteiger partial charge in [0, 0.05) is 17.0 Å². The maximum Gasteiger partial charge on any atom is 0.315 e. The molecular weight excluding hydrogens is 634 g/mol. The lowest BCUT2D eigenvalue weighted by molar-refractivity contribution is -0.133. The van der Waals surface area contributed by atoms with Gasteiger partial charge >= 0.3 is 5.97 Å². The zero-order valence-electron chi connectivity index (χ0n) is 25.9. The van der Waals surface area contributed by atoms with Crippen LogP contribution in [0.15, 0.2) is 48.5 Å². The highest BCUT2D eigenvalue weighted by Crippen LogP contribution is 2.53. The number of carbonyl (C=O) groups excluding carboxylic acids is 4. The SMILES string of the molecule is CCC1(CCOc2ccc(CC3SC(=O)NC3=O)cc2)CC(=O)c2c(C)c(OC(=O)Cc3ccc(Cl)cc3)c(OC)c(OC)c2O1. The first-order chi connectivity index (χ1) is 22.1. The molecule has 0 spiro atoms. The van der Waals surface area contributed by atoms with Gasteiger partial charge < -0.3 is 23.7 Å². The molecule has 12 heteroatoms. The maximum absolute atomic E-state index is 13.7. The minimum absolute atomic E-state index is 0.0109. The largest absolute Gasteiger partial charge is 0.493 e. The number of fused-ring (bicyclic) bond motifs is 1. The Kier molecular flexibility index (Phi) is 10.1. The minimum Gasteiger partial charge on any atom is -0.493 e. The van der Waals surface area contributed by atoms with Crippen molar-refractivity contribution in [3.8, 4) is 28.7 Å². The van der Waals surface area contributed by atoms with Crippen LogP contribution in [0.4, 0.5) is 4.79 Å². The van der Waals surface area contributed by atoms with Gasteiger partial charge in [0.25, 0.3) is 5.24 Å². The number of amides is 2. The van der Waals surface area contributed by atoms with Gasteiger partial charge in [-0.3, -0.25) is 24.5 Å². The molecule has 0 saturated carbocycles. The van der Waals surface area contributed by atoms with Crippen molar-refractivity contribution in [2.24, 2.45) is 0 Å². The topological polar surface area (TPSA) is 126 Å². The van der Waals surface area contributed by atoms with Crippen LogP contribution in [0.3, 0.4) is 0 Å². The number of nitrogens with one attached hydrogen (secondary N) is 1. The van der Waals surface area contributed by atoms with E-state index < -0.39 is 16.8 Å². The summed E-state index contributed by atoms with van der Waals surface area (Å²) in [6.07, 6.45) is 1.43. The van der Waals surface area contributed by atoms with Crippen LogP contribution in [0.25, 0.3) is 0 Å². The molecule has 0 radical (unpaired) electrons. The van der Waals surface area contributed by atoms with Crippen molar-refractivity contribution >= 4 is 46.3 Å².